The molecule has 2 amide bonds. The second kappa shape index (κ2) is 14.3. The number of carboxylic acid groups (broad SMARTS) is 1. The molecule has 258 valence electrons. The van der Waals surface area contributed by atoms with E-state index < -0.39 is 36.2 Å². The van der Waals surface area contributed by atoms with Gasteiger partial charge in [-0.1, -0.05) is 35.3 Å². The monoisotopic (exact) mass is 722 g/mol. The van der Waals surface area contributed by atoms with Crippen LogP contribution in [-0.4, -0.2) is 76.4 Å². The molecule has 0 saturated carbocycles. The maximum Gasteiger partial charge on any atom is 0.490 e. The molecular weight excluding hydrogens is 695 g/mol. The molecule has 4 aromatic rings. The number of pyridine rings is 1. The molecule has 0 radical (unpaired) electrons. The van der Waals surface area contributed by atoms with Crippen LogP contribution in [0.2, 0.25) is 10.2 Å². The van der Waals surface area contributed by atoms with Crippen LogP contribution in [0.1, 0.15) is 43.5 Å². The third-order valence-corrected chi connectivity index (χ3v) is 8.51. The molecule has 0 fully saturated rings. The molecule has 1 aromatic carbocycles. The number of aliphatic carboxylic acids is 1. The molecule has 0 aliphatic carbocycles. The first kappa shape index (κ1) is 35.5. The number of carboxylic acids is 1. The van der Waals surface area contributed by atoms with Gasteiger partial charge in [-0.15, -0.1) is 5.10 Å². The number of halogens is 6. The van der Waals surface area contributed by atoms with Crippen LogP contribution < -0.4 is 5.32 Å². The Bertz CT molecular complexity index is 1930. The van der Waals surface area contributed by atoms with Crippen molar-refractivity contribution in [1.82, 2.24) is 34.7 Å². The first-order chi connectivity index (χ1) is 23.1. The lowest BCUT2D eigenvalue weighted by Crippen LogP contribution is -2.38. The number of hydrogen-bond donors (Lipinski definition) is 2. The Hall–Kier alpha value is -4.83. The van der Waals surface area contributed by atoms with E-state index in [9.17, 15) is 22.8 Å². The maximum absolute atomic E-state index is 15.4. The van der Waals surface area contributed by atoms with Gasteiger partial charge in [-0.2, -0.15) is 18.3 Å². The summed E-state index contributed by atoms with van der Waals surface area (Å²) in [7, 11) is 1.77. The second-order valence-corrected chi connectivity index (χ2v) is 12.1. The molecule has 0 saturated heterocycles. The highest BCUT2D eigenvalue weighted by molar-refractivity contribution is 6.31. The smallest absolute Gasteiger partial charge is 0.475 e. The van der Waals surface area contributed by atoms with Crippen molar-refractivity contribution in [1.29, 1.82) is 0 Å². The first-order valence-corrected chi connectivity index (χ1v) is 15.5. The summed E-state index contributed by atoms with van der Waals surface area (Å²) < 4.78 is 50.3. The number of hydrogen-bond acceptors (Lipinski definition) is 7. The highest BCUT2D eigenvalue weighted by atomic mass is 35.5. The zero-order valence-corrected chi connectivity index (χ0v) is 27.3. The number of nitrogens with zero attached hydrogens (tertiary/aromatic N) is 7. The minimum Gasteiger partial charge on any atom is -0.475 e. The van der Waals surface area contributed by atoms with Crippen LogP contribution in [0.3, 0.4) is 0 Å². The molecule has 3 aromatic heterocycles. The third-order valence-electron chi connectivity index (χ3n) is 8.10. The number of aryl methyl sites for hydroxylation is 1. The lowest BCUT2D eigenvalue weighted by molar-refractivity contribution is -0.192. The van der Waals surface area contributed by atoms with Gasteiger partial charge in [0.05, 0.1) is 47.1 Å². The van der Waals surface area contributed by atoms with Gasteiger partial charge < -0.3 is 15.3 Å². The summed E-state index contributed by atoms with van der Waals surface area (Å²) in [5.41, 5.74) is 4.78. The number of rotatable bonds is 3. The molecule has 3 atom stereocenters. The van der Waals surface area contributed by atoms with E-state index in [0.717, 1.165) is 16.7 Å². The molecule has 2 aliphatic heterocycles. The summed E-state index contributed by atoms with van der Waals surface area (Å²) in [6.07, 6.45) is 0.769. The van der Waals surface area contributed by atoms with Crippen molar-refractivity contribution < 1.29 is 37.1 Å². The predicted molar refractivity (Wildman–Crippen MR) is 170 cm³/mol. The van der Waals surface area contributed by atoms with Gasteiger partial charge in [-0.3, -0.25) is 19.3 Å². The van der Waals surface area contributed by atoms with Gasteiger partial charge in [0.2, 0.25) is 11.8 Å². The van der Waals surface area contributed by atoms with Crippen molar-refractivity contribution in [2.24, 2.45) is 13.0 Å². The fourth-order valence-corrected chi connectivity index (χ4v) is 5.89. The third kappa shape index (κ3) is 7.91. The number of alkyl halides is 4. The van der Waals surface area contributed by atoms with Gasteiger partial charge in [0.15, 0.2) is 5.15 Å². The molecule has 5 heterocycles. The fourth-order valence-electron chi connectivity index (χ4n) is 5.59. The van der Waals surface area contributed by atoms with Crippen molar-refractivity contribution in [2.45, 2.75) is 44.6 Å². The molecule has 12 nitrogen and oxygen atoms in total. The van der Waals surface area contributed by atoms with E-state index >= 15 is 4.39 Å². The van der Waals surface area contributed by atoms with Crippen LogP contribution in [0.15, 0.2) is 55.0 Å². The number of amides is 2. The maximum atomic E-state index is 15.4. The topological polar surface area (TPSA) is 148 Å². The quantitative estimate of drug-likeness (QED) is 0.242. The number of carbonyl (C=O) groups is 3. The molecule has 0 spiro atoms. The lowest BCUT2D eigenvalue weighted by Gasteiger charge is -2.35. The average Bonchev–Trinajstić information content (AvgIpc) is 3.65. The molecular formula is C31H28Cl2F4N8O4. The van der Waals surface area contributed by atoms with E-state index in [4.69, 9.17) is 33.1 Å². The Labute approximate surface area is 286 Å². The molecule has 2 aliphatic rings. The van der Waals surface area contributed by atoms with Gasteiger partial charge in [0.25, 0.3) is 0 Å². The van der Waals surface area contributed by atoms with Crippen LogP contribution in [0, 0.1) is 5.92 Å². The molecule has 2 bridgehead atoms. The fraction of sp³-hybridized carbons (Fsp3) is 0.323. The van der Waals surface area contributed by atoms with Crippen molar-refractivity contribution >= 4 is 52.2 Å². The first-order valence-electron chi connectivity index (χ1n) is 14.8. The van der Waals surface area contributed by atoms with Gasteiger partial charge in [-0.25, -0.2) is 13.9 Å². The molecule has 49 heavy (non-hydrogen) atoms. The molecule has 2 N–H and O–H groups in total. The van der Waals surface area contributed by atoms with E-state index in [-0.39, 0.29) is 17.5 Å². The van der Waals surface area contributed by atoms with Crippen molar-refractivity contribution in [3.05, 3.63) is 76.4 Å². The summed E-state index contributed by atoms with van der Waals surface area (Å²) in [6, 6.07) is 8.52. The van der Waals surface area contributed by atoms with Gasteiger partial charge in [0.1, 0.15) is 6.17 Å². The van der Waals surface area contributed by atoms with Crippen LogP contribution in [0.5, 0.6) is 0 Å². The molecule has 1 unspecified atom stereocenters. The number of anilines is 1. The largest absolute Gasteiger partial charge is 0.490 e. The Balaban J connectivity index is 0.000000606. The Morgan fingerprint density at radius 2 is 1.86 bits per heavy atom. The standard InChI is InChI=1S/C29H27Cl2FN8O2.C2HF3O2/c1-16-21(32)4-6-25(22-11-18(7-9-33-22)28-23(35-29(16)42)14-34-38(28)2)39-10-8-17(12-27(39)41)20-13-19(30)3-5-24(20)40-15-26(31)36-37-40;3-2(4,5)1(6)7/h3,5,7,9,11-16,21,25H,4,6,8,10H2,1-2H3,(H,35,42);(H,6,7)/t16-,21?,25+;/m1./s1. The van der Waals surface area contributed by atoms with Crippen LogP contribution in [-0.2, 0) is 21.4 Å². The average molecular weight is 724 g/mol. The summed E-state index contributed by atoms with van der Waals surface area (Å²) in [5.74, 6) is -4.30. The number of fused-ring (bicyclic) bond motifs is 4. The van der Waals surface area contributed by atoms with Gasteiger partial charge in [-0.05, 0) is 55.2 Å². The van der Waals surface area contributed by atoms with Crippen LogP contribution in [0.4, 0.5) is 23.2 Å². The minimum absolute atomic E-state index is 0.0803. The number of benzene rings is 1. The number of aromatic nitrogens is 6. The summed E-state index contributed by atoms with van der Waals surface area (Å²) in [4.78, 5) is 41.9. The van der Waals surface area contributed by atoms with Crippen LogP contribution >= 0.6 is 23.2 Å². The van der Waals surface area contributed by atoms with Crippen molar-refractivity contribution in [2.75, 3.05) is 11.9 Å². The molecule has 6 rings (SSSR count). The van der Waals surface area contributed by atoms with E-state index in [2.05, 4.69) is 25.7 Å². The summed E-state index contributed by atoms with van der Waals surface area (Å²) in [5, 5.41) is 22.9. The minimum atomic E-state index is -5.08. The van der Waals surface area contributed by atoms with Crippen LogP contribution in [0.25, 0.3) is 22.5 Å². The van der Waals surface area contributed by atoms with E-state index in [1.54, 1.807) is 71.1 Å². The Kier molecular flexibility index (Phi) is 10.4. The number of nitrogens with one attached hydrogen (secondary N) is 1. The predicted octanol–water partition coefficient (Wildman–Crippen LogP) is 6.07. The second-order valence-electron chi connectivity index (χ2n) is 11.3. The van der Waals surface area contributed by atoms with E-state index in [1.165, 1.54) is 0 Å². The molecule has 18 heteroatoms. The highest BCUT2D eigenvalue weighted by Gasteiger charge is 2.38. The summed E-state index contributed by atoms with van der Waals surface area (Å²) >= 11 is 12.3. The normalized spacial score (nSPS) is 19.8. The lowest BCUT2D eigenvalue weighted by atomic mass is 9.92. The van der Waals surface area contributed by atoms with Gasteiger partial charge in [0, 0.05) is 42.0 Å². The van der Waals surface area contributed by atoms with Crippen molar-refractivity contribution in [3.63, 3.8) is 0 Å². The van der Waals surface area contributed by atoms with E-state index in [0.29, 0.717) is 47.2 Å². The van der Waals surface area contributed by atoms with Gasteiger partial charge >= 0.3 is 12.1 Å². The SMILES string of the molecule is C[C@H]1C(=O)Nc2cnn(C)c2-c2ccnc(c2)[C@@H](N2CCC(c3cc(Cl)ccc3-n3cc(Cl)nn3)=CC2=O)CCC1F.O=C(O)C(F)(F)F. The highest BCUT2D eigenvalue weighted by Crippen LogP contribution is 2.37. The zero-order chi connectivity index (χ0) is 35.6. The number of carbonyl (C=O) groups excluding carboxylic acids is 2. The Morgan fingerprint density at radius 3 is 2.51 bits per heavy atom. The van der Waals surface area contributed by atoms with Crippen molar-refractivity contribution in [3.8, 4) is 16.9 Å². The zero-order valence-electron chi connectivity index (χ0n) is 25.8. The Morgan fingerprint density at radius 1 is 1.12 bits per heavy atom. The van der Waals surface area contributed by atoms with E-state index in [1.807, 2.05) is 12.1 Å². The summed E-state index contributed by atoms with van der Waals surface area (Å²) in [6.45, 7) is 1.94.